The topological polar surface area (TPSA) is 25.4 Å². The van der Waals surface area contributed by atoms with E-state index in [1.54, 1.807) is 0 Å². The molecule has 0 amide bonds. The van der Waals surface area contributed by atoms with Gasteiger partial charge in [-0.25, -0.2) is 4.98 Å². The van der Waals surface area contributed by atoms with Crippen molar-refractivity contribution < 1.29 is 17.9 Å². The van der Waals surface area contributed by atoms with Gasteiger partial charge in [0.2, 0.25) is 5.88 Å². The van der Waals surface area contributed by atoms with E-state index >= 15 is 0 Å². The molecule has 0 aliphatic carbocycles. The first-order valence-electron chi connectivity index (χ1n) is 6.94. The van der Waals surface area contributed by atoms with Crippen molar-refractivity contribution in [3.05, 3.63) is 29.5 Å². The van der Waals surface area contributed by atoms with Crippen LogP contribution in [0.5, 0.6) is 5.88 Å². The molecule has 3 heterocycles. The van der Waals surface area contributed by atoms with Crippen LogP contribution in [0.15, 0.2) is 18.3 Å². The van der Waals surface area contributed by atoms with Gasteiger partial charge in [0.1, 0.15) is 5.56 Å². The van der Waals surface area contributed by atoms with Gasteiger partial charge in [-0.05, 0) is 43.5 Å². The summed E-state index contributed by atoms with van der Waals surface area (Å²) in [5.74, 6) is -0.372. The molecule has 0 aromatic carbocycles. The summed E-state index contributed by atoms with van der Waals surface area (Å²) in [5.41, 5.74) is 0.698. The molecule has 1 aromatic rings. The number of rotatable bonds is 2. The first-order valence-corrected chi connectivity index (χ1v) is 6.94. The van der Waals surface area contributed by atoms with Gasteiger partial charge in [-0.1, -0.05) is 6.08 Å². The zero-order valence-electron chi connectivity index (χ0n) is 11.9. The largest absolute Gasteiger partial charge is 0.481 e. The van der Waals surface area contributed by atoms with Crippen molar-refractivity contribution in [2.75, 3.05) is 14.2 Å². The van der Waals surface area contributed by atoms with Crippen LogP contribution in [0.4, 0.5) is 13.2 Å². The van der Waals surface area contributed by atoms with E-state index in [1.165, 1.54) is 13.3 Å². The van der Waals surface area contributed by atoms with Crippen LogP contribution in [0.1, 0.15) is 30.4 Å². The molecule has 2 bridgehead atoms. The molecule has 3 rings (SSSR count). The molecule has 21 heavy (non-hydrogen) atoms. The quantitative estimate of drug-likeness (QED) is 0.837. The number of nitrogens with zero attached hydrogens (tertiary/aromatic N) is 2. The number of hydrogen-bond donors (Lipinski definition) is 0. The predicted octanol–water partition coefficient (Wildman–Crippen LogP) is 3.36. The number of likely N-dealkylation sites (N-methyl/N-ethyl adjacent to an activating group) is 1. The lowest BCUT2D eigenvalue weighted by Crippen LogP contribution is -2.34. The average Bonchev–Trinajstić information content (AvgIpc) is 2.66. The maximum absolute atomic E-state index is 13.1. The number of hydrogen-bond acceptors (Lipinski definition) is 3. The van der Waals surface area contributed by atoms with Crippen LogP contribution in [0.2, 0.25) is 0 Å². The van der Waals surface area contributed by atoms with Crippen molar-refractivity contribution in [3.8, 4) is 5.88 Å². The van der Waals surface area contributed by atoms with Crippen molar-refractivity contribution in [1.29, 1.82) is 0 Å². The van der Waals surface area contributed by atoms with Gasteiger partial charge >= 0.3 is 6.18 Å². The Morgan fingerprint density at radius 1 is 1.33 bits per heavy atom. The molecule has 0 spiro atoms. The maximum atomic E-state index is 13.1. The maximum Gasteiger partial charge on any atom is 0.421 e. The molecule has 3 nitrogen and oxygen atoms in total. The van der Waals surface area contributed by atoms with Crippen LogP contribution < -0.4 is 4.74 Å². The van der Waals surface area contributed by atoms with Gasteiger partial charge in [0.05, 0.1) is 7.11 Å². The van der Waals surface area contributed by atoms with Crippen molar-refractivity contribution in [1.82, 2.24) is 9.88 Å². The highest BCUT2D eigenvalue weighted by Crippen LogP contribution is 2.40. The Labute approximate surface area is 121 Å². The summed E-state index contributed by atoms with van der Waals surface area (Å²) in [6, 6.07) is 1.91. The minimum atomic E-state index is -4.46. The highest BCUT2D eigenvalue weighted by molar-refractivity contribution is 5.68. The van der Waals surface area contributed by atoms with Crippen molar-refractivity contribution in [2.45, 2.75) is 37.5 Å². The van der Waals surface area contributed by atoms with Gasteiger partial charge < -0.3 is 4.74 Å². The zero-order chi connectivity index (χ0) is 15.2. The molecule has 2 unspecified atom stereocenters. The molecular weight excluding hydrogens is 281 g/mol. The number of halogens is 3. The van der Waals surface area contributed by atoms with Gasteiger partial charge in [-0.2, -0.15) is 13.2 Å². The molecule has 0 saturated carbocycles. The Morgan fingerprint density at radius 2 is 2.10 bits per heavy atom. The standard InChI is InChI=1S/C15H17F3N2O/c1-20-11-3-4-12(20)6-9(5-11)10-7-13(15(16,17)18)14(21-2)19-8-10/h5,7-8,11-12H,3-4,6H2,1-2H3. The number of methoxy groups -OCH3 is 1. The van der Waals surface area contributed by atoms with Gasteiger partial charge in [0, 0.05) is 18.3 Å². The summed E-state index contributed by atoms with van der Waals surface area (Å²) in [5, 5.41) is 0. The SMILES string of the molecule is COc1ncc(C2=CC3CCC(C2)N3C)cc1C(F)(F)F. The highest BCUT2D eigenvalue weighted by Gasteiger charge is 2.37. The van der Waals surface area contributed by atoms with Gasteiger partial charge in [0.15, 0.2) is 0 Å². The molecule has 1 aromatic heterocycles. The monoisotopic (exact) mass is 298 g/mol. The zero-order valence-corrected chi connectivity index (χ0v) is 11.9. The van der Waals surface area contributed by atoms with E-state index in [1.807, 2.05) is 0 Å². The summed E-state index contributed by atoms with van der Waals surface area (Å²) in [6.07, 6.45) is 2.03. The van der Waals surface area contributed by atoms with E-state index in [4.69, 9.17) is 4.74 Å². The second kappa shape index (κ2) is 5.02. The molecule has 0 radical (unpaired) electrons. The summed E-state index contributed by atoms with van der Waals surface area (Å²) >= 11 is 0. The van der Waals surface area contributed by atoms with Gasteiger partial charge in [-0.3, -0.25) is 4.90 Å². The number of alkyl halides is 3. The molecule has 2 aliphatic heterocycles. The molecule has 1 saturated heterocycles. The van der Waals surface area contributed by atoms with E-state index in [2.05, 4.69) is 23.0 Å². The Kier molecular flexibility index (Phi) is 3.43. The Hall–Kier alpha value is -1.56. The van der Waals surface area contributed by atoms with Crippen molar-refractivity contribution in [3.63, 3.8) is 0 Å². The van der Waals surface area contributed by atoms with E-state index < -0.39 is 11.7 Å². The summed E-state index contributed by atoms with van der Waals surface area (Å²) < 4.78 is 43.9. The van der Waals surface area contributed by atoms with Crippen LogP contribution in [0, 0.1) is 0 Å². The first-order chi connectivity index (χ1) is 9.90. The minimum absolute atomic E-state index is 0.329. The normalized spacial score (nSPS) is 25.9. The smallest absolute Gasteiger partial charge is 0.421 e. The van der Waals surface area contributed by atoms with Crippen LogP contribution in [-0.2, 0) is 6.18 Å². The lowest BCUT2D eigenvalue weighted by Gasteiger charge is -2.30. The summed E-state index contributed by atoms with van der Waals surface area (Å²) in [6.45, 7) is 0. The van der Waals surface area contributed by atoms with E-state index in [0.717, 1.165) is 30.9 Å². The lowest BCUT2D eigenvalue weighted by molar-refractivity contribution is -0.139. The molecular formula is C15H17F3N2O. The fourth-order valence-corrected chi connectivity index (χ4v) is 3.25. The minimum Gasteiger partial charge on any atom is -0.481 e. The fraction of sp³-hybridized carbons (Fsp3) is 0.533. The second-order valence-electron chi connectivity index (χ2n) is 5.64. The second-order valence-corrected chi connectivity index (χ2v) is 5.64. The third kappa shape index (κ3) is 2.52. The average molecular weight is 298 g/mol. The molecule has 2 aliphatic rings. The third-order valence-corrected chi connectivity index (χ3v) is 4.46. The lowest BCUT2D eigenvalue weighted by atomic mass is 9.95. The fourth-order valence-electron chi connectivity index (χ4n) is 3.25. The molecule has 6 heteroatoms. The van der Waals surface area contributed by atoms with Crippen LogP contribution >= 0.6 is 0 Å². The van der Waals surface area contributed by atoms with Crippen LogP contribution in [0.25, 0.3) is 5.57 Å². The number of aromatic nitrogens is 1. The number of pyridine rings is 1. The number of ether oxygens (including phenoxy) is 1. The van der Waals surface area contributed by atoms with Crippen LogP contribution in [0.3, 0.4) is 0 Å². The van der Waals surface area contributed by atoms with E-state index in [0.29, 0.717) is 17.6 Å². The third-order valence-electron chi connectivity index (χ3n) is 4.46. The van der Waals surface area contributed by atoms with Crippen molar-refractivity contribution >= 4 is 5.57 Å². The Morgan fingerprint density at radius 3 is 2.71 bits per heavy atom. The molecule has 1 fully saturated rings. The van der Waals surface area contributed by atoms with E-state index in [9.17, 15) is 13.2 Å². The Balaban J connectivity index is 1.99. The van der Waals surface area contributed by atoms with Crippen LogP contribution in [-0.4, -0.2) is 36.1 Å². The van der Waals surface area contributed by atoms with Gasteiger partial charge in [-0.15, -0.1) is 0 Å². The highest BCUT2D eigenvalue weighted by atomic mass is 19.4. The molecule has 0 N–H and O–H groups in total. The molecule has 114 valence electrons. The van der Waals surface area contributed by atoms with E-state index in [-0.39, 0.29) is 5.88 Å². The molecule has 2 atom stereocenters. The first kappa shape index (κ1) is 14.4. The summed E-state index contributed by atoms with van der Waals surface area (Å²) in [4.78, 5) is 6.13. The van der Waals surface area contributed by atoms with Crippen molar-refractivity contribution in [2.24, 2.45) is 0 Å². The Bertz CT molecular complexity index is 583. The summed E-state index contributed by atoms with van der Waals surface area (Å²) in [7, 11) is 3.27. The number of fused-ring (bicyclic) bond motifs is 2. The predicted molar refractivity (Wildman–Crippen MR) is 73.0 cm³/mol. The van der Waals surface area contributed by atoms with Gasteiger partial charge in [0.25, 0.3) is 0 Å².